The van der Waals surface area contributed by atoms with E-state index in [1.807, 2.05) is 6.92 Å². The highest BCUT2D eigenvalue weighted by Crippen LogP contribution is 2.36. The number of anilines is 2. The van der Waals surface area contributed by atoms with Gasteiger partial charge in [0, 0.05) is 31.1 Å². The molecule has 0 saturated carbocycles. The van der Waals surface area contributed by atoms with Crippen LogP contribution in [0.2, 0.25) is 0 Å². The summed E-state index contributed by atoms with van der Waals surface area (Å²) in [5.41, 5.74) is 16.6. The van der Waals surface area contributed by atoms with E-state index in [0.29, 0.717) is 20.9 Å². The third-order valence-corrected chi connectivity index (χ3v) is 8.70. The summed E-state index contributed by atoms with van der Waals surface area (Å²) in [7, 11) is 0. The molecule has 2 aliphatic heterocycles. The van der Waals surface area contributed by atoms with Crippen molar-refractivity contribution < 1.29 is 9.53 Å². The third-order valence-electron chi connectivity index (χ3n) is 7.61. The largest absolute Gasteiger partial charge is 0.396 e. The molecule has 9 nitrogen and oxygen atoms in total. The lowest BCUT2D eigenvalue weighted by Gasteiger charge is -2.36. The van der Waals surface area contributed by atoms with Crippen LogP contribution in [0.15, 0.2) is 18.3 Å². The van der Waals surface area contributed by atoms with Crippen molar-refractivity contribution in [2.75, 3.05) is 30.3 Å². The van der Waals surface area contributed by atoms with Crippen molar-refractivity contribution >= 4 is 39.1 Å². The normalized spacial score (nSPS) is 26.3. The number of thiophene rings is 1. The molecule has 6 rings (SSSR count). The number of aryl methyl sites for hydroxylation is 2. The Bertz CT molecular complexity index is 1290. The van der Waals surface area contributed by atoms with E-state index in [1.54, 1.807) is 6.20 Å². The predicted octanol–water partition coefficient (Wildman–Crippen LogP) is 2.35. The number of hydrogen-bond acceptors (Lipinski definition) is 9. The lowest BCUT2D eigenvalue weighted by atomic mass is 9.89. The molecule has 2 saturated heterocycles. The van der Waals surface area contributed by atoms with Crippen LogP contribution in [-0.4, -0.2) is 58.2 Å². The molecule has 3 aliphatic rings. The van der Waals surface area contributed by atoms with E-state index < -0.39 is 0 Å². The average Bonchev–Trinajstić information content (AvgIpc) is 3.35. The second-order valence-electron chi connectivity index (χ2n) is 10.1. The predicted molar refractivity (Wildman–Crippen MR) is 137 cm³/mol. The highest BCUT2D eigenvalue weighted by Gasteiger charge is 2.47. The van der Waals surface area contributed by atoms with E-state index in [9.17, 15) is 4.79 Å². The molecule has 5 heterocycles. The number of hydrogen-bond donors (Lipinski definition) is 3. The SMILES string of the molecule is Cc1cnc2c(N)c(C(=O)NC3CCc4nc(N5CC(N)C6(CCCCO6)C5)ccc4C3)sc2n1. The zero-order chi connectivity index (χ0) is 24.2. The topological polar surface area (TPSA) is 132 Å². The zero-order valence-electron chi connectivity index (χ0n) is 19.9. The van der Waals surface area contributed by atoms with Gasteiger partial charge < -0.3 is 26.4 Å². The maximum Gasteiger partial charge on any atom is 0.263 e. The van der Waals surface area contributed by atoms with Crippen molar-refractivity contribution in [3.8, 4) is 0 Å². The quantitative estimate of drug-likeness (QED) is 0.507. The second-order valence-corrected chi connectivity index (χ2v) is 11.1. The number of nitrogen functional groups attached to an aromatic ring is 1. The van der Waals surface area contributed by atoms with Crippen molar-refractivity contribution in [3.05, 3.63) is 40.2 Å². The summed E-state index contributed by atoms with van der Waals surface area (Å²) in [6.07, 6.45) is 7.39. The van der Waals surface area contributed by atoms with E-state index in [4.69, 9.17) is 21.2 Å². The Balaban J connectivity index is 1.14. The molecule has 5 N–H and O–H groups in total. The van der Waals surface area contributed by atoms with E-state index in [1.165, 1.54) is 23.3 Å². The molecule has 0 bridgehead atoms. The molecule has 1 spiro atoms. The Morgan fingerprint density at radius 2 is 2.20 bits per heavy atom. The molecule has 3 aromatic rings. The minimum atomic E-state index is -0.233. The molecule has 2 fully saturated rings. The van der Waals surface area contributed by atoms with Crippen molar-refractivity contribution in [1.29, 1.82) is 0 Å². The van der Waals surface area contributed by atoms with Crippen LogP contribution in [0, 0.1) is 6.92 Å². The second kappa shape index (κ2) is 8.69. The van der Waals surface area contributed by atoms with Crippen LogP contribution in [-0.2, 0) is 17.6 Å². The van der Waals surface area contributed by atoms with Gasteiger partial charge in [-0.05, 0) is 57.1 Å². The molecule has 10 heteroatoms. The van der Waals surface area contributed by atoms with Gasteiger partial charge in [0.15, 0.2) is 0 Å². The van der Waals surface area contributed by atoms with Crippen LogP contribution in [0.25, 0.3) is 10.3 Å². The monoisotopic (exact) mass is 493 g/mol. The average molecular weight is 494 g/mol. The lowest BCUT2D eigenvalue weighted by molar-refractivity contribution is -0.0717. The van der Waals surface area contributed by atoms with Crippen molar-refractivity contribution in [1.82, 2.24) is 20.3 Å². The van der Waals surface area contributed by atoms with Crippen molar-refractivity contribution in [2.45, 2.75) is 63.1 Å². The molecule has 1 aliphatic carbocycles. The number of fused-ring (bicyclic) bond motifs is 2. The van der Waals surface area contributed by atoms with Gasteiger partial charge in [-0.25, -0.2) is 15.0 Å². The standard InChI is InChI=1S/C25H31N7O2S/c1-14-11-28-21-20(27)22(35-24(21)29-14)23(33)30-16-5-6-17-15(10-16)4-7-19(31-17)32-12-18(26)25(13-32)8-2-3-9-34-25/h4,7,11,16,18H,2-3,5-6,8-10,12-13,26-27H2,1H3,(H,30,33). The van der Waals surface area contributed by atoms with Crippen LogP contribution in [0.5, 0.6) is 0 Å². The molecule has 184 valence electrons. The number of carbonyl (C=O) groups is 1. The molecule has 3 aromatic heterocycles. The first kappa shape index (κ1) is 22.6. The number of aromatic nitrogens is 3. The minimum absolute atomic E-state index is 0.0101. The number of rotatable bonds is 3. The Hall–Kier alpha value is -2.82. The van der Waals surface area contributed by atoms with E-state index in [0.717, 1.165) is 69.0 Å². The number of nitrogens with two attached hydrogens (primary N) is 2. The first-order chi connectivity index (χ1) is 16.9. The number of nitrogens with zero attached hydrogens (tertiary/aromatic N) is 4. The maximum atomic E-state index is 13.0. The molecule has 0 aromatic carbocycles. The lowest BCUT2D eigenvalue weighted by Crippen LogP contribution is -2.51. The molecule has 1 amide bonds. The summed E-state index contributed by atoms with van der Waals surface area (Å²) >= 11 is 1.30. The van der Waals surface area contributed by atoms with E-state index >= 15 is 0 Å². The molecule has 3 unspecified atom stereocenters. The molecule has 0 radical (unpaired) electrons. The summed E-state index contributed by atoms with van der Waals surface area (Å²) in [5.74, 6) is 0.813. The summed E-state index contributed by atoms with van der Waals surface area (Å²) < 4.78 is 6.17. The van der Waals surface area contributed by atoms with Crippen molar-refractivity contribution in [3.63, 3.8) is 0 Å². The molecule has 3 atom stereocenters. The highest BCUT2D eigenvalue weighted by molar-refractivity contribution is 7.21. The summed E-state index contributed by atoms with van der Waals surface area (Å²) in [6, 6.07) is 4.28. The fourth-order valence-electron chi connectivity index (χ4n) is 5.66. The molecular weight excluding hydrogens is 462 g/mol. The highest BCUT2D eigenvalue weighted by atomic mass is 32.1. The van der Waals surface area contributed by atoms with Crippen molar-refractivity contribution in [2.24, 2.45) is 5.73 Å². The molecular formula is C25H31N7O2S. The zero-order valence-corrected chi connectivity index (χ0v) is 20.7. The van der Waals surface area contributed by atoms with Crippen LogP contribution >= 0.6 is 11.3 Å². The van der Waals surface area contributed by atoms with E-state index in [2.05, 4.69) is 32.3 Å². The number of amides is 1. The minimum Gasteiger partial charge on any atom is -0.396 e. The van der Waals surface area contributed by atoms with Gasteiger partial charge >= 0.3 is 0 Å². The van der Waals surface area contributed by atoms with Gasteiger partial charge in [-0.1, -0.05) is 6.07 Å². The van der Waals surface area contributed by atoms with Gasteiger partial charge in [0.2, 0.25) is 0 Å². The maximum absolute atomic E-state index is 13.0. The van der Waals surface area contributed by atoms with Crippen LogP contribution < -0.4 is 21.7 Å². The number of carbonyl (C=O) groups excluding carboxylic acids is 1. The Morgan fingerprint density at radius 1 is 1.31 bits per heavy atom. The first-order valence-electron chi connectivity index (χ1n) is 12.4. The Kier molecular flexibility index (Phi) is 5.62. The van der Waals surface area contributed by atoms with Gasteiger partial charge in [0.25, 0.3) is 5.91 Å². The third kappa shape index (κ3) is 4.03. The van der Waals surface area contributed by atoms with Gasteiger partial charge in [-0.2, -0.15) is 0 Å². The van der Waals surface area contributed by atoms with Crippen LogP contribution in [0.1, 0.15) is 52.3 Å². The summed E-state index contributed by atoms with van der Waals surface area (Å²) in [5, 5.41) is 3.17. The summed E-state index contributed by atoms with van der Waals surface area (Å²) in [4.78, 5) is 30.3. The van der Waals surface area contributed by atoms with Crippen LogP contribution in [0.4, 0.5) is 11.5 Å². The van der Waals surface area contributed by atoms with Crippen LogP contribution in [0.3, 0.4) is 0 Å². The van der Waals surface area contributed by atoms with Gasteiger partial charge in [-0.15, -0.1) is 11.3 Å². The van der Waals surface area contributed by atoms with E-state index in [-0.39, 0.29) is 23.6 Å². The number of ether oxygens (including phenoxy) is 1. The Labute approximate surface area is 208 Å². The van der Waals surface area contributed by atoms with Gasteiger partial charge in [0.05, 0.1) is 24.0 Å². The number of pyridine rings is 1. The fourth-order valence-corrected chi connectivity index (χ4v) is 6.66. The van der Waals surface area contributed by atoms with Gasteiger partial charge in [-0.3, -0.25) is 4.79 Å². The smallest absolute Gasteiger partial charge is 0.263 e. The molecule has 35 heavy (non-hydrogen) atoms. The van der Waals surface area contributed by atoms with Gasteiger partial charge in [0.1, 0.15) is 26.6 Å². The Morgan fingerprint density at radius 3 is 3.03 bits per heavy atom. The fraction of sp³-hybridized carbons (Fsp3) is 0.520. The first-order valence-corrected chi connectivity index (χ1v) is 13.2. The number of nitrogens with one attached hydrogen (secondary N) is 1. The summed E-state index contributed by atoms with van der Waals surface area (Å²) in [6.45, 7) is 4.25.